The summed E-state index contributed by atoms with van der Waals surface area (Å²) in [5.41, 5.74) is 0.798. The van der Waals surface area contributed by atoms with E-state index in [2.05, 4.69) is 10.1 Å². The summed E-state index contributed by atoms with van der Waals surface area (Å²) in [6.07, 6.45) is 8.13. The number of rotatable bonds is 9. The SMILES string of the molecule is O=S(=O)(CCCOCCC1CCCC1)n1cnc(-c2ccccc2)n1. The van der Waals surface area contributed by atoms with E-state index in [1.807, 2.05) is 30.3 Å². The lowest BCUT2D eigenvalue weighted by Crippen LogP contribution is -2.18. The maximum absolute atomic E-state index is 12.3. The molecule has 1 saturated carbocycles. The molecule has 136 valence electrons. The highest BCUT2D eigenvalue weighted by Gasteiger charge is 2.17. The second-order valence-corrected chi connectivity index (χ2v) is 8.47. The Kier molecular flexibility index (Phi) is 6.20. The van der Waals surface area contributed by atoms with Crippen molar-refractivity contribution in [3.63, 3.8) is 0 Å². The molecule has 0 N–H and O–H groups in total. The van der Waals surface area contributed by atoms with Crippen molar-refractivity contribution in [2.45, 2.75) is 38.5 Å². The van der Waals surface area contributed by atoms with E-state index in [0.29, 0.717) is 18.9 Å². The molecule has 0 spiro atoms. The minimum absolute atomic E-state index is 0.00795. The summed E-state index contributed by atoms with van der Waals surface area (Å²) in [5.74, 6) is 1.22. The van der Waals surface area contributed by atoms with Crippen molar-refractivity contribution in [1.29, 1.82) is 0 Å². The zero-order valence-electron chi connectivity index (χ0n) is 14.4. The highest BCUT2D eigenvalue weighted by molar-refractivity contribution is 7.89. The molecule has 1 aliphatic rings. The van der Waals surface area contributed by atoms with Crippen molar-refractivity contribution in [2.75, 3.05) is 19.0 Å². The smallest absolute Gasteiger partial charge is 0.255 e. The molecule has 0 unspecified atom stereocenters. The van der Waals surface area contributed by atoms with Gasteiger partial charge in [0.25, 0.3) is 10.0 Å². The first-order valence-electron chi connectivity index (χ1n) is 8.93. The van der Waals surface area contributed by atoms with Gasteiger partial charge in [0, 0.05) is 18.8 Å². The first-order chi connectivity index (χ1) is 12.1. The van der Waals surface area contributed by atoms with Gasteiger partial charge >= 0.3 is 0 Å². The summed E-state index contributed by atoms with van der Waals surface area (Å²) in [5, 5.41) is 4.10. The molecule has 2 aromatic rings. The molecule has 0 saturated heterocycles. The Bertz CT molecular complexity index is 753. The highest BCUT2D eigenvalue weighted by Crippen LogP contribution is 2.27. The lowest BCUT2D eigenvalue weighted by molar-refractivity contribution is 0.121. The van der Waals surface area contributed by atoms with Gasteiger partial charge in [0.2, 0.25) is 0 Å². The van der Waals surface area contributed by atoms with Gasteiger partial charge < -0.3 is 4.74 Å². The van der Waals surface area contributed by atoms with Crippen molar-refractivity contribution in [2.24, 2.45) is 5.92 Å². The Labute approximate surface area is 149 Å². The molecule has 1 aliphatic carbocycles. The predicted molar refractivity (Wildman–Crippen MR) is 96.7 cm³/mol. The van der Waals surface area contributed by atoms with E-state index in [1.54, 1.807) is 0 Å². The van der Waals surface area contributed by atoms with Crippen molar-refractivity contribution < 1.29 is 13.2 Å². The second-order valence-electron chi connectivity index (χ2n) is 6.53. The number of hydrogen-bond acceptors (Lipinski definition) is 5. The summed E-state index contributed by atoms with van der Waals surface area (Å²) in [7, 11) is -3.49. The van der Waals surface area contributed by atoms with Crippen LogP contribution in [0.3, 0.4) is 0 Å². The first kappa shape index (κ1) is 18.1. The van der Waals surface area contributed by atoms with Crippen molar-refractivity contribution in [3.05, 3.63) is 36.7 Å². The van der Waals surface area contributed by atoms with Gasteiger partial charge in [0.15, 0.2) is 5.82 Å². The minimum atomic E-state index is -3.49. The monoisotopic (exact) mass is 363 g/mol. The van der Waals surface area contributed by atoms with E-state index in [4.69, 9.17) is 4.74 Å². The molecule has 0 atom stereocenters. The average Bonchev–Trinajstić information content (AvgIpc) is 3.30. The van der Waals surface area contributed by atoms with E-state index >= 15 is 0 Å². The lowest BCUT2D eigenvalue weighted by Gasteiger charge is -2.09. The van der Waals surface area contributed by atoms with Crippen LogP contribution in [0.2, 0.25) is 0 Å². The van der Waals surface area contributed by atoms with E-state index in [1.165, 1.54) is 32.0 Å². The Morgan fingerprint density at radius 3 is 2.64 bits per heavy atom. The van der Waals surface area contributed by atoms with E-state index in [-0.39, 0.29) is 5.75 Å². The topological polar surface area (TPSA) is 74.1 Å². The molecule has 6 nitrogen and oxygen atoms in total. The van der Waals surface area contributed by atoms with Gasteiger partial charge in [-0.15, -0.1) is 9.19 Å². The van der Waals surface area contributed by atoms with Crippen LogP contribution in [0.4, 0.5) is 0 Å². The molecular formula is C18H25N3O3S. The fraction of sp³-hybridized carbons (Fsp3) is 0.556. The largest absolute Gasteiger partial charge is 0.381 e. The quantitative estimate of drug-likeness (QED) is 0.640. The normalized spacial score (nSPS) is 15.7. The number of hydrogen-bond donors (Lipinski definition) is 0. The number of benzene rings is 1. The number of aromatic nitrogens is 3. The maximum atomic E-state index is 12.3. The van der Waals surface area contributed by atoms with Crippen LogP contribution in [0.1, 0.15) is 38.5 Å². The summed E-state index contributed by atoms with van der Waals surface area (Å²) in [6.45, 7) is 1.19. The second kappa shape index (κ2) is 8.58. The van der Waals surface area contributed by atoms with Crippen LogP contribution >= 0.6 is 0 Å². The van der Waals surface area contributed by atoms with Crippen molar-refractivity contribution in [3.8, 4) is 11.4 Å². The zero-order chi connectivity index (χ0) is 17.5. The molecule has 25 heavy (non-hydrogen) atoms. The third-order valence-electron chi connectivity index (χ3n) is 4.63. The van der Waals surface area contributed by atoms with Crippen molar-refractivity contribution >= 4 is 10.0 Å². The van der Waals surface area contributed by atoms with Gasteiger partial charge in [-0.3, -0.25) is 0 Å². The Morgan fingerprint density at radius 1 is 1.12 bits per heavy atom. The van der Waals surface area contributed by atoms with Gasteiger partial charge in [-0.25, -0.2) is 13.4 Å². The molecule has 7 heteroatoms. The molecular weight excluding hydrogens is 338 g/mol. The summed E-state index contributed by atoms with van der Waals surface area (Å²) in [6, 6.07) is 9.33. The van der Waals surface area contributed by atoms with Crippen LogP contribution in [0.15, 0.2) is 36.7 Å². The molecule has 1 aromatic carbocycles. The third kappa shape index (κ3) is 5.12. The first-order valence-corrected chi connectivity index (χ1v) is 10.5. The molecule has 1 aromatic heterocycles. The molecule has 3 rings (SSSR count). The van der Waals surface area contributed by atoms with Gasteiger partial charge in [0.1, 0.15) is 6.33 Å². The Balaban J connectivity index is 1.43. The van der Waals surface area contributed by atoms with Gasteiger partial charge in [0.05, 0.1) is 5.75 Å². The lowest BCUT2D eigenvalue weighted by atomic mass is 10.1. The Morgan fingerprint density at radius 2 is 1.88 bits per heavy atom. The van der Waals surface area contributed by atoms with Gasteiger partial charge in [-0.05, 0) is 18.8 Å². The van der Waals surface area contributed by atoms with E-state index < -0.39 is 10.0 Å². The molecule has 0 amide bonds. The van der Waals surface area contributed by atoms with E-state index in [0.717, 1.165) is 28.6 Å². The average molecular weight is 363 g/mol. The molecule has 1 fully saturated rings. The van der Waals surface area contributed by atoms with E-state index in [9.17, 15) is 8.42 Å². The number of nitrogens with zero attached hydrogens (tertiary/aromatic N) is 3. The van der Waals surface area contributed by atoms with Crippen molar-refractivity contribution in [1.82, 2.24) is 14.2 Å². The van der Waals surface area contributed by atoms with Gasteiger partial charge in [-0.1, -0.05) is 56.0 Å². The molecule has 0 aliphatic heterocycles. The van der Waals surface area contributed by atoms with Crippen LogP contribution in [0.25, 0.3) is 11.4 Å². The van der Waals surface area contributed by atoms with Crippen LogP contribution in [-0.2, 0) is 14.8 Å². The highest BCUT2D eigenvalue weighted by atomic mass is 32.2. The fourth-order valence-electron chi connectivity index (χ4n) is 3.19. The summed E-state index contributed by atoms with van der Waals surface area (Å²) in [4.78, 5) is 4.10. The Hall–Kier alpha value is -1.73. The third-order valence-corrected chi connectivity index (χ3v) is 6.18. The fourth-order valence-corrected chi connectivity index (χ4v) is 4.25. The summed E-state index contributed by atoms with van der Waals surface area (Å²) < 4.78 is 31.2. The van der Waals surface area contributed by atoms with Gasteiger partial charge in [-0.2, -0.15) is 0 Å². The predicted octanol–water partition coefficient (Wildman–Crippen LogP) is 3.11. The van der Waals surface area contributed by atoms with Crippen LogP contribution in [0.5, 0.6) is 0 Å². The van der Waals surface area contributed by atoms with Crippen LogP contribution < -0.4 is 0 Å². The molecule has 1 heterocycles. The van der Waals surface area contributed by atoms with Crippen LogP contribution in [-0.4, -0.2) is 41.6 Å². The minimum Gasteiger partial charge on any atom is -0.381 e. The molecule has 0 bridgehead atoms. The standard InChI is InChI=1S/C18H25N3O3S/c22-25(23,14-6-12-24-13-11-16-7-4-5-8-16)21-15-19-18(20-21)17-9-2-1-3-10-17/h1-3,9-10,15-16H,4-8,11-14H2. The maximum Gasteiger partial charge on any atom is 0.255 e. The van der Waals surface area contributed by atoms with Crippen LogP contribution in [0, 0.1) is 5.92 Å². The zero-order valence-corrected chi connectivity index (χ0v) is 15.2. The number of ether oxygens (including phenoxy) is 1. The molecule has 0 radical (unpaired) electrons. The summed E-state index contributed by atoms with van der Waals surface area (Å²) >= 11 is 0.